The van der Waals surface area contributed by atoms with Crippen molar-refractivity contribution in [2.45, 2.75) is 25.6 Å². The van der Waals surface area contributed by atoms with E-state index in [9.17, 15) is 0 Å². The van der Waals surface area contributed by atoms with Crippen LogP contribution >= 0.6 is 54.5 Å². The van der Waals surface area contributed by atoms with E-state index in [2.05, 4.69) is 99.5 Å². The Balaban J connectivity index is 2.68. The van der Waals surface area contributed by atoms with Crippen LogP contribution in [0.1, 0.15) is 32.6 Å². The molecule has 0 N–H and O–H groups in total. The Hall–Kier alpha value is -0.0700. The Morgan fingerprint density at radius 3 is 2.43 bits per heavy atom. The van der Waals surface area contributed by atoms with Crippen LogP contribution in [0.4, 0.5) is 0 Å². The second-order valence-electron chi connectivity index (χ2n) is 5.09. The first kappa shape index (κ1) is 17.3. The fraction of sp³-hybridized carbons (Fsp3) is 0.294. The van der Waals surface area contributed by atoms with E-state index in [1.807, 2.05) is 0 Å². The Kier molecular flexibility index (Phi) is 5.77. The van der Waals surface area contributed by atoms with Crippen molar-refractivity contribution in [2.24, 2.45) is 0 Å². The first-order valence-electron chi connectivity index (χ1n) is 6.61. The average Bonchev–Trinajstić information content (AvgIpc) is 2.44. The SMILES string of the molecule is COc1c(C)cc(Br)c(C)c1C(Br)c1cccc(C)c1I. The van der Waals surface area contributed by atoms with Crippen LogP contribution in [0.3, 0.4) is 0 Å². The molecule has 0 aromatic heterocycles. The lowest BCUT2D eigenvalue weighted by molar-refractivity contribution is 0.406. The summed E-state index contributed by atoms with van der Waals surface area (Å²) in [5.41, 5.74) is 6.09. The van der Waals surface area contributed by atoms with Crippen LogP contribution in [0.5, 0.6) is 5.75 Å². The number of rotatable bonds is 3. The fourth-order valence-corrected chi connectivity index (χ4v) is 5.06. The lowest BCUT2D eigenvalue weighted by atomic mass is 9.96. The Bertz CT molecular complexity index is 683. The van der Waals surface area contributed by atoms with E-state index in [0.717, 1.165) is 15.8 Å². The lowest BCUT2D eigenvalue weighted by Gasteiger charge is -2.22. The predicted octanol–water partition coefficient (Wildman–Crippen LogP) is 6.47. The first-order chi connectivity index (χ1) is 9.88. The zero-order valence-corrected chi connectivity index (χ0v) is 17.8. The van der Waals surface area contributed by atoms with Gasteiger partial charge in [-0.15, -0.1) is 0 Å². The normalized spacial score (nSPS) is 12.3. The summed E-state index contributed by atoms with van der Waals surface area (Å²) in [6.07, 6.45) is 0. The van der Waals surface area contributed by atoms with Gasteiger partial charge in [-0.2, -0.15) is 0 Å². The molecular weight excluding hydrogens is 507 g/mol. The van der Waals surface area contributed by atoms with E-state index in [1.54, 1.807) is 7.11 Å². The molecule has 2 aromatic rings. The topological polar surface area (TPSA) is 9.23 Å². The molecule has 4 heteroatoms. The van der Waals surface area contributed by atoms with E-state index < -0.39 is 0 Å². The van der Waals surface area contributed by atoms with Gasteiger partial charge in [0.15, 0.2) is 0 Å². The summed E-state index contributed by atoms with van der Waals surface area (Å²) in [5.74, 6) is 0.954. The number of ether oxygens (including phenoxy) is 1. The van der Waals surface area contributed by atoms with E-state index in [4.69, 9.17) is 4.74 Å². The second kappa shape index (κ2) is 7.01. The summed E-state index contributed by atoms with van der Waals surface area (Å²) < 4.78 is 8.07. The summed E-state index contributed by atoms with van der Waals surface area (Å²) in [6, 6.07) is 8.52. The van der Waals surface area contributed by atoms with Crippen LogP contribution in [0.15, 0.2) is 28.7 Å². The molecule has 2 aromatic carbocycles. The van der Waals surface area contributed by atoms with Gasteiger partial charge in [0.1, 0.15) is 5.75 Å². The molecule has 0 bridgehead atoms. The van der Waals surface area contributed by atoms with Gasteiger partial charge >= 0.3 is 0 Å². The molecule has 0 radical (unpaired) electrons. The monoisotopic (exact) mass is 522 g/mol. The lowest BCUT2D eigenvalue weighted by Crippen LogP contribution is -2.04. The highest BCUT2D eigenvalue weighted by Gasteiger charge is 2.23. The summed E-state index contributed by atoms with van der Waals surface area (Å²) in [5, 5.41) is 0. The van der Waals surface area contributed by atoms with Crippen molar-refractivity contribution in [2.75, 3.05) is 7.11 Å². The van der Waals surface area contributed by atoms with Gasteiger partial charge in [0.05, 0.1) is 11.9 Å². The highest BCUT2D eigenvalue weighted by Crippen LogP contribution is 2.44. The van der Waals surface area contributed by atoms with Crippen LogP contribution < -0.4 is 4.74 Å². The third-order valence-electron chi connectivity index (χ3n) is 3.66. The number of hydrogen-bond acceptors (Lipinski definition) is 1. The minimum Gasteiger partial charge on any atom is -0.496 e. The number of benzene rings is 2. The standard InChI is InChI=1S/C17H17Br2IO/c1-9-6-5-7-12(16(9)20)15(19)14-11(3)13(18)8-10(2)17(14)21-4/h5-8,15H,1-4H3. The van der Waals surface area contributed by atoms with Crippen molar-refractivity contribution < 1.29 is 4.74 Å². The molecule has 0 aliphatic rings. The van der Waals surface area contributed by atoms with Gasteiger partial charge in [-0.3, -0.25) is 0 Å². The maximum Gasteiger partial charge on any atom is 0.126 e. The minimum absolute atomic E-state index is 0.107. The summed E-state index contributed by atoms with van der Waals surface area (Å²) in [7, 11) is 1.74. The van der Waals surface area contributed by atoms with Crippen molar-refractivity contribution >= 4 is 54.5 Å². The Morgan fingerprint density at radius 1 is 1.14 bits per heavy atom. The van der Waals surface area contributed by atoms with Gasteiger partial charge in [0.25, 0.3) is 0 Å². The van der Waals surface area contributed by atoms with Gasteiger partial charge in [0, 0.05) is 13.6 Å². The smallest absolute Gasteiger partial charge is 0.126 e. The van der Waals surface area contributed by atoms with Crippen molar-refractivity contribution in [3.05, 3.63) is 60.1 Å². The minimum atomic E-state index is 0.107. The van der Waals surface area contributed by atoms with Crippen molar-refractivity contribution in [1.29, 1.82) is 0 Å². The molecule has 112 valence electrons. The molecule has 0 heterocycles. The summed E-state index contributed by atoms with van der Waals surface area (Å²) in [6.45, 7) is 6.34. The van der Waals surface area contributed by atoms with E-state index >= 15 is 0 Å². The third kappa shape index (κ3) is 3.32. The maximum absolute atomic E-state index is 5.67. The van der Waals surface area contributed by atoms with E-state index in [1.165, 1.54) is 25.8 Å². The largest absolute Gasteiger partial charge is 0.496 e. The highest BCUT2D eigenvalue weighted by molar-refractivity contribution is 14.1. The third-order valence-corrected chi connectivity index (χ3v) is 6.91. The Morgan fingerprint density at radius 2 is 1.81 bits per heavy atom. The van der Waals surface area contributed by atoms with Gasteiger partial charge in [-0.1, -0.05) is 50.1 Å². The van der Waals surface area contributed by atoms with Crippen LogP contribution in [0, 0.1) is 24.3 Å². The highest BCUT2D eigenvalue weighted by atomic mass is 127. The van der Waals surface area contributed by atoms with Crippen LogP contribution in [-0.2, 0) is 0 Å². The molecule has 0 saturated heterocycles. The molecule has 21 heavy (non-hydrogen) atoms. The van der Waals surface area contributed by atoms with Crippen molar-refractivity contribution in [3.63, 3.8) is 0 Å². The first-order valence-corrected chi connectivity index (χ1v) is 9.39. The molecule has 0 amide bonds. The quantitative estimate of drug-likeness (QED) is 0.331. The van der Waals surface area contributed by atoms with E-state index in [0.29, 0.717) is 0 Å². The van der Waals surface area contributed by atoms with Crippen LogP contribution in [-0.4, -0.2) is 7.11 Å². The average molecular weight is 524 g/mol. The molecule has 1 unspecified atom stereocenters. The summed E-state index contributed by atoms with van der Waals surface area (Å²) in [4.78, 5) is 0.107. The number of aryl methyl sites for hydroxylation is 2. The van der Waals surface area contributed by atoms with Crippen molar-refractivity contribution in [1.82, 2.24) is 0 Å². The number of alkyl halides is 1. The van der Waals surface area contributed by atoms with E-state index in [-0.39, 0.29) is 4.83 Å². The zero-order chi connectivity index (χ0) is 15.7. The van der Waals surface area contributed by atoms with Gasteiger partial charge in [0.2, 0.25) is 0 Å². The van der Waals surface area contributed by atoms with Gasteiger partial charge in [-0.25, -0.2) is 0 Å². The second-order valence-corrected chi connectivity index (χ2v) is 7.94. The zero-order valence-electron chi connectivity index (χ0n) is 12.4. The molecule has 1 nitrogen and oxygen atoms in total. The van der Waals surface area contributed by atoms with Crippen LogP contribution in [0.25, 0.3) is 0 Å². The molecular formula is C17H17Br2IO. The Labute approximate surface area is 156 Å². The molecule has 0 aliphatic carbocycles. The fourth-order valence-electron chi connectivity index (χ4n) is 2.47. The molecule has 1 atom stereocenters. The molecule has 2 rings (SSSR count). The molecule has 0 fully saturated rings. The van der Waals surface area contributed by atoms with Gasteiger partial charge < -0.3 is 4.74 Å². The maximum atomic E-state index is 5.67. The summed E-state index contributed by atoms with van der Waals surface area (Å²) >= 11 is 9.96. The predicted molar refractivity (Wildman–Crippen MR) is 105 cm³/mol. The molecule has 0 saturated carbocycles. The number of halogens is 3. The van der Waals surface area contributed by atoms with Crippen LogP contribution in [0.2, 0.25) is 0 Å². The van der Waals surface area contributed by atoms with Crippen molar-refractivity contribution in [3.8, 4) is 5.75 Å². The van der Waals surface area contributed by atoms with Gasteiger partial charge in [-0.05, 0) is 71.7 Å². The molecule has 0 aliphatic heterocycles. The number of hydrogen-bond donors (Lipinski definition) is 0. The molecule has 0 spiro atoms. The number of methoxy groups -OCH3 is 1.